The molecule has 13 heavy (non-hydrogen) atoms. The van der Waals surface area contributed by atoms with Gasteiger partial charge in [-0.2, -0.15) is 0 Å². The smallest absolute Gasteiger partial charge is 0.126 e. The van der Waals surface area contributed by atoms with Crippen molar-refractivity contribution < 1.29 is 4.74 Å². The number of ether oxygens (including phenoxy) is 1. The van der Waals surface area contributed by atoms with Crippen molar-refractivity contribution in [2.24, 2.45) is 0 Å². The Hall–Kier alpha value is -1.09. The van der Waals surface area contributed by atoms with Gasteiger partial charge in [0.05, 0.1) is 7.11 Å². The Morgan fingerprint density at radius 3 is 2.69 bits per heavy atom. The molecule has 0 saturated carbocycles. The van der Waals surface area contributed by atoms with E-state index in [2.05, 4.69) is 10.3 Å². The number of hydrogen-bond acceptors (Lipinski definition) is 3. The SMILES string of the molecule is CNCc1c(OC)cc(C)nc1C. The van der Waals surface area contributed by atoms with Crippen molar-refractivity contribution in [3.8, 4) is 5.75 Å². The fourth-order valence-corrected chi connectivity index (χ4v) is 1.39. The summed E-state index contributed by atoms with van der Waals surface area (Å²) in [6, 6.07) is 1.96. The van der Waals surface area contributed by atoms with Gasteiger partial charge in [-0.15, -0.1) is 0 Å². The fourth-order valence-electron chi connectivity index (χ4n) is 1.39. The van der Waals surface area contributed by atoms with E-state index in [9.17, 15) is 0 Å². The Morgan fingerprint density at radius 1 is 1.46 bits per heavy atom. The minimum Gasteiger partial charge on any atom is -0.496 e. The minimum atomic E-state index is 0.794. The lowest BCUT2D eigenvalue weighted by Gasteiger charge is -2.11. The lowest BCUT2D eigenvalue weighted by Crippen LogP contribution is -2.09. The highest BCUT2D eigenvalue weighted by molar-refractivity contribution is 5.37. The first-order valence-corrected chi connectivity index (χ1v) is 4.34. The lowest BCUT2D eigenvalue weighted by atomic mass is 10.1. The summed E-state index contributed by atoms with van der Waals surface area (Å²) in [7, 11) is 3.60. The van der Waals surface area contributed by atoms with Gasteiger partial charge in [0.1, 0.15) is 5.75 Å². The van der Waals surface area contributed by atoms with E-state index in [0.717, 1.165) is 29.2 Å². The van der Waals surface area contributed by atoms with Crippen LogP contribution >= 0.6 is 0 Å². The molecular formula is C10H16N2O. The van der Waals surface area contributed by atoms with Crippen LogP contribution in [-0.4, -0.2) is 19.1 Å². The molecule has 0 aliphatic rings. The molecule has 1 aromatic rings. The van der Waals surface area contributed by atoms with E-state index < -0.39 is 0 Å². The van der Waals surface area contributed by atoms with Crippen LogP contribution in [0.5, 0.6) is 5.75 Å². The van der Waals surface area contributed by atoms with Crippen LogP contribution in [0.15, 0.2) is 6.07 Å². The van der Waals surface area contributed by atoms with Crippen molar-refractivity contribution in [2.75, 3.05) is 14.2 Å². The van der Waals surface area contributed by atoms with Gasteiger partial charge >= 0.3 is 0 Å². The number of aromatic nitrogens is 1. The summed E-state index contributed by atoms with van der Waals surface area (Å²) in [5.41, 5.74) is 3.16. The maximum Gasteiger partial charge on any atom is 0.126 e. The van der Waals surface area contributed by atoms with Gasteiger partial charge in [-0.3, -0.25) is 4.98 Å². The number of hydrogen-bond donors (Lipinski definition) is 1. The second-order valence-electron chi connectivity index (χ2n) is 3.06. The highest BCUT2D eigenvalue weighted by atomic mass is 16.5. The molecule has 0 atom stereocenters. The van der Waals surface area contributed by atoms with Crippen LogP contribution in [-0.2, 0) is 6.54 Å². The number of nitrogens with one attached hydrogen (secondary N) is 1. The molecule has 3 nitrogen and oxygen atoms in total. The molecule has 3 heteroatoms. The van der Waals surface area contributed by atoms with Gasteiger partial charge in [0.25, 0.3) is 0 Å². The highest BCUT2D eigenvalue weighted by Crippen LogP contribution is 2.21. The van der Waals surface area contributed by atoms with E-state index in [1.165, 1.54) is 0 Å². The van der Waals surface area contributed by atoms with Crippen molar-refractivity contribution in [1.82, 2.24) is 10.3 Å². The molecular weight excluding hydrogens is 164 g/mol. The molecule has 0 spiro atoms. The van der Waals surface area contributed by atoms with E-state index >= 15 is 0 Å². The number of aryl methyl sites for hydroxylation is 2. The zero-order valence-corrected chi connectivity index (χ0v) is 8.64. The summed E-state index contributed by atoms with van der Waals surface area (Å²) in [5, 5.41) is 3.10. The molecule has 0 aliphatic heterocycles. The quantitative estimate of drug-likeness (QED) is 0.764. The van der Waals surface area contributed by atoms with Gasteiger partial charge in [0.2, 0.25) is 0 Å². The molecule has 1 heterocycles. The third kappa shape index (κ3) is 2.18. The first-order chi connectivity index (χ1) is 6.19. The minimum absolute atomic E-state index is 0.794. The first-order valence-electron chi connectivity index (χ1n) is 4.34. The second kappa shape index (κ2) is 4.23. The molecule has 0 bridgehead atoms. The number of rotatable bonds is 3. The van der Waals surface area contributed by atoms with Crippen LogP contribution in [0, 0.1) is 13.8 Å². The number of nitrogens with zero attached hydrogens (tertiary/aromatic N) is 1. The van der Waals surface area contributed by atoms with E-state index in [4.69, 9.17) is 4.74 Å². The molecule has 0 saturated heterocycles. The lowest BCUT2D eigenvalue weighted by molar-refractivity contribution is 0.406. The Morgan fingerprint density at radius 2 is 2.15 bits per heavy atom. The van der Waals surface area contributed by atoms with Gasteiger partial charge in [0, 0.05) is 29.6 Å². The summed E-state index contributed by atoms with van der Waals surface area (Å²) in [6.07, 6.45) is 0. The molecule has 0 radical (unpaired) electrons. The Balaban J connectivity index is 3.13. The highest BCUT2D eigenvalue weighted by Gasteiger charge is 2.07. The monoisotopic (exact) mass is 180 g/mol. The summed E-state index contributed by atoms with van der Waals surface area (Å²) in [4.78, 5) is 4.38. The van der Waals surface area contributed by atoms with Crippen LogP contribution in [0.25, 0.3) is 0 Å². The van der Waals surface area contributed by atoms with Gasteiger partial charge in [-0.1, -0.05) is 0 Å². The van der Waals surface area contributed by atoms with Gasteiger partial charge in [-0.05, 0) is 20.9 Å². The van der Waals surface area contributed by atoms with Gasteiger partial charge < -0.3 is 10.1 Å². The van der Waals surface area contributed by atoms with Crippen LogP contribution in [0.1, 0.15) is 17.0 Å². The largest absolute Gasteiger partial charge is 0.496 e. The van der Waals surface area contributed by atoms with Crippen LogP contribution < -0.4 is 10.1 Å². The van der Waals surface area contributed by atoms with Crippen molar-refractivity contribution in [3.05, 3.63) is 23.0 Å². The van der Waals surface area contributed by atoms with E-state index in [1.54, 1.807) is 7.11 Å². The van der Waals surface area contributed by atoms with Crippen molar-refractivity contribution in [3.63, 3.8) is 0 Å². The maximum absolute atomic E-state index is 5.28. The Kier molecular flexibility index (Phi) is 3.25. The summed E-state index contributed by atoms with van der Waals surface area (Å²) < 4.78 is 5.28. The topological polar surface area (TPSA) is 34.1 Å². The first kappa shape index (κ1) is 9.99. The second-order valence-corrected chi connectivity index (χ2v) is 3.06. The molecule has 0 unspecified atom stereocenters. The van der Waals surface area contributed by atoms with Crippen molar-refractivity contribution in [1.29, 1.82) is 0 Å². The summed E-state index contributed by atoms with van der Waals surface area (Å²) in [6.45, 7) is 4.77. The zero-order valence-electron chi connectivity index (χ0n) is 8.64. The molecule has 0 fully saturated rings. The van der Waals surface area contributed by atoms with Crippen LogP contribution in [0.2, 0.25) is 0 Å². The predicted molar refractivity (Wildman–Crippen MR) is 53.0 cm³/mol. The molecule has 72 valence electrons. The third-order valence-electron chi connectivity index (χ3n) is 1.99. The standard InChI is InChI=1S/C10H16N2O/c1-7-5-10(13-4)9(6-11-3)8(2)12-7/h5,11H,6H2,1-4H3. The Bertz CT molecular complexity index is 297. The van der Waals surface area contributed by atoms with Gasteiger partial charge in [0.15, 0.2) is 0 Å². The average Bonchev–Trinajstić information content (AvgIpc) is 2.09. The maximum atomic E-state index is 5.28. The number of pyridine rings is 1. The van der Waals surface area contributed by atoms with E-state index in [1.807, 2.05) is 27.0 Å². The molecule has 0 aliphatic carbocycles. The molecule has 0 aromatic carbocycles. The summed E-state index contributed by atoms with van der Waals surface area (Å²) in [5.74, 6) is 0.916. The third-order valence-corrected chi connectivity index (χ3v) is 1.99. The van der Waals surface area contributed by atoms with Crippen molar-refractivity contribution >= 4 is 0 Å². The normalized spacial score (nSPS) is 10.2. The average molecular weight is 180 g/mol. The zero-order chi connectivity index (χ0) is 9.84. The van der Waals surface area contributed by atoms with Crippen LogP contribution in [0.4, 0.5) is 0 Å². The number of methoxy groups -OCH3 is 1. The fraction of sp³-hybridized carbons (Fsp3) is 0.500. The van der Waals surface area contributed by atoms with E-state index in [0.29, 0.717) is 0 Å². The molecule has 1 N–H and O–H groups in total. The van der Waals surface area contributed by atoms with Crippen LogP contribution in [0.3, 0.4) is 0 Å². The predicted octanol–water partition coefficient (Wildman–Crippen LogP) is 1.43. The summed E-state index contributed by atoms with van der Waals surface area (Å²) >= 11 is 0. The molecule has 1 aromatic heterocycles. The molecule has 1 rings (SSSR count). The van der Waals surface area contributed by atoms with E-state index in [-0.39, 0.29) is 0 Å². The Labute approximate surface area is 79.1 Å². The van der Waals surface area contributed by atoms with Gasteiger partial charge in [-0.25, -0.2) is 0 Å². The van der Waals surface area contributed by atoms with Crippen molar-refractivity contribution in [2.45, 2.75) is 20.4 Å². The molecule has 0 amide bonds.